The Kier molecular flexibility index (Phi) is 18.3. The molecule has 19 heteroatoms. The number of hydrogen-bond donors (Lipinski definition) is 7. The molecule has 0 aromatic rings. The van der Waals surface area contributed by atoms with Crippen LogP contribution in [0.15, 0.2) is 0 Å². The summed E-state index contributed by atoms with van der Waals surface area (Å²) in [6.07, 6.45) is -0.757. The average Bonchev–Trinajstić information content (AvgIpc) is 3.05. The van der Waals surface area contributed by atoms with Crippen LogP contribution in [0.25, 0.3) is 0 Å². The van der Waals surface area contributed by atoms with Gasteiger partial charge in [-0.3, -0.25) is 43.5 Å². The second-order valence-electron chi connectivity index (χ2n) is 10.3. The van der Waals surface area contributed by atoms with Gasteiger partial charge < -0.3 is 41.2 Å². The molecule has 0 radical (unpaired) electrons. The van der Waals surface area contributed by atoms with Gasteiger partial charge in [0.25, 0.3) is 0 Å². The Morgan fingerprint density at radius 3 is 1.71 bits per heavy atom. The molecular formula is C26H42N6O12S. The minimum atomic E-state index is -1.47. The number of aldehydes is 1. The van der Waals surface area contributed by atoms with E-state index in [0.717, 1.165) is 11.8 Å². The predicted octanol–water partition coefficient (Wildman–Crippen LogP) is -3.18. The van der Waals surface area contributed by atoms with E-state index in [1.807, 2.05) is 0 Å². The van der Waals surface area contributed by atoms with Gasteiger partial charge in [-0.1, -0.05) is 0 Å². The normalized spacial score (nSPS) is 16.9. The van der Waals surface area contributed by atoms with Gasteiger partial charge >= 0.3 is 23.9 Å². The summed E-state index contributed by atoms with van der Waals surface area (Å²) < 4.78 is 0. The molecule has 1 fully saturated rings. The third-order valence-corrected chi connectivity index (χ3v) is 7.90. The highest BCUT2D eigenvalue weighted by atomic mass is 32.2. The van der Waals surface area contributed by atoms with Crippen LogP contribution in [0, 0.1) is 0 Å². The first-order valence-corrected chi connectivity index (χ1v) is 15.3. The highest BCUT2D eigenvalue weighted by Crippen LogP contribution is 2.12. The number of rotatable bonds is 20. The van der Waals surface area contributed by atoms with Gasteiger partial charge in [-0.05, 0) is 12.8 Å². The van der Waals surface area contributed by atoms with Crippen LogP contribution in [-0.2, 0) is 38.4 Å². The number of thioether (sulfide) groups is 1. The third-order valence-electron chi connectivity index (χ3n) is 6.84. The van der Waals surface area contributed by atoms with E-state index in [4.69, 9.17) is 0 Å². The van der Waals surface area contributed by atoms with Crippen molar-refractivity contribution in [1.29, 1.82) is 0 Å². The van der Waals surface area contributed by atoms with E-state index >= 15 is 0 Å². The van der Waals surface area contributed by atoms with Gasteiger partial charge in [0.1, 0.15) is 18.4 Å². The van der Waals surface area contributed by atoms with E-state index in [-0.39, 0.29) is 95.5 Å². The van der Waals surface area contributed by atoms with Gasteiger partial charge in [0.15, 0.2) is 0 Å². The Bertz CT molecular complexity index is 1040. The lowest BCUT2D eigenvalue weighted by molar-refractivity contribution is -0.145. The summed E-state index contributed by atoms with van der Waals surface area (Å²) in [7, 11) is 1.46. The van der Waals surface area contributed by atoms with Crippen LogP contribution in [0.5, 0.6) is 0 Å². The molecule has 0 bridgehead atoms. The summed E-state index contributed by atoms with van der Waals surface area (Å²) in [5.74, 6) is -6.33. The van der Waals surface area contributed by atoms with Crippen LogP contribution in [0.3, 0.4) is 0 Å². The van der Waals surface area contributed by atoms with Crippen LogP contribution in [-0.4, -0.2) is 172 Å². The highest BCUT2D eigenvalue weighted by molar-refractivity contribution is 8.00. The molecule has 0 saturated carbocycles. The molecule has 3 atom stereocenters. The molecule has 0 aliphatic carbocycles. The number of nitrogens with one attached hydrogen (secondary N) is 3. The van der Waals surface area contributed by atoms with Crippen molar-refractivity contribution in [2.24, 2.45) is 0 Å². The number of aliphatic carboxylic acids is 4. The molecular weight excluding hydrogens is 620 g/mol. The monoisotopic (exact) mass is 662 g/mol. The van der Waals surface area contributed by atoms with Crippen LogP contribution in [0.4, 0.5) is 0 Å². The molecule has 0 spiro atoms. The summed E-state index contributed by atoms with van der Waals surface area (Å²) in [5.41, 5.74) is 0. The summed E-state index contributed by atoms with van der Waals surface area (Å²) in [6, 6.07) is -3.58. The molecule has 1 unspecified atom stereocenters. The zero-order valence-corrected chi connectivity index (χ0v) is 25.8. The van der Waals surface area contributed by atoms with Crippen molar-refractivity contribution in [1.82, 2.24) is 30.7 Å². The van der Waals surface area contributed by atoms with E-state index in [9.17, 15) is 58.8 Å². The molecule has 1 aliphatic heterocycles. The fraction of sp³-hybridized carbons (Fsp3) is 0.692. The molecule has 0 aromatic carbocycles. The maximum atomic E-state index is 12.6. The van der Waals surface area contributed by atoms with Crippen molar-refractivity contribution in [3.63, 3.8) is 0 Å². The molecule has 45 heavy (non-hydrogen) atoms. The number of nitrogens with zero attached hydrogens (tertiary/aromatic N) is 3. The minimum Gasteiger partial charge on any atom is -0.480 e. The van der Waals surface area contributed by atoms with Gasteiger partial charge in [-0.15, -0.1) is 11.8 Å². The summed E-state index contributed by atoms with van der Waals surface area (Å²) in [6.45, 7) is 0.501. The first kappa shape index (κ1) is 39.2. The van der Waals surface area contributed by atoms with Crippen molar-refractivity contribution >= 4 is 59.6 Å². The Balaban J connectivity index is 2.76. The number of carbonyl (C=O) groups is 8. The van der Waals surface area contributed by atoms with Crippen molar-refractivity contribution in [3.05, 3.63) is 0 Å². The van der Waals surface area contributed by atoms with Crippen LogP contribution in [0.2, 0.25) is 0 Å². The second kappa shape index (κ2) is 21.0. The standard InChI is InChI=1S/C26H42N6O12S/c1-27-22(36)16-45-15-17(14-33)28-20(34)4-2-18(25(41)42)29-21(35)5-3-19(26(43)44)32-10-8-30(12-23(37)38)6-7-31(9-11-32)13-24(39)40/h14,17-19H,2-13,15-16H2,1H3,(H,27,36)(H,28,34)(H,29,35)(H,37,38)(H,39,40)(H,41,42)(H,43,44)/t17-,18+,19?/m1/s1. The Morgan fingerprint density at radius 1 is 0.733 bits per heavy atom. The topological polar surface area (TPSA) is 263 Å². The van der Waals surface area contributed by atoms with Gasteiger partial charge in [-0.2, -0.15) is 0 Å². The van der Waals surface area contributed by atoms with Crippen molar-refractivity contribution in [2.75, 3.05) is 70.9 Å². The van der Waals surface area contributed by atoms with Gasteiger partial charge in [0, 0.05) is 64.9 Å². The maximum absolute atomic E-state index is 12.6. The summed E-state index contributed by atoms with van der Waals surface area (Å²) >= 11 is 1.12. The van der Waals surface area contributed by atoms with Crippen molar-refractivity contribution in [2.45, 2.75) is 43.8 Å². The SMILES string of the molecule is CNC(=O)CSC[C@@H](C=O)NC(=O)CC[C@H](NC(=O)CCC(C(=O)O)N1CCN(CC(=O)O)CCN(CC(=O)O)CC1)C(=O)O. The van der Waals surface area contributed by atoms with Gasteiger partial charge in [0.2, 0.25) is 17.7 Å². The van der Waals surface area contributed by atoms with Crippen LogP contribution < -0.4 is 16.0 Å². The summed E-state index contributed by atoms with van der Waals surface area (Å²) in [5, 5.41) is 45.0. The fourth-order valence-corrected chi connectivity index (χ4v) is 5.31. The van der Waals surface area contributed by atoms with E-state index in [0.29, 0.717) is 6.29 Å². The largest absolute Gasteiger partial charge is 0.480 e. The van der Waals surface area contributed by atoms with E-state index in [1.54, 1.807) is 9.80 Å². The molecule has 1 saturated heterocycles. The third kappa shape index (κ3) is 16.7. The van der Waals surface area contributed by atoms with E-state index in [1.165, 1.54) is 11.9 Å². The summed E-state index contributed by atoms with van der Waals surface area (Å²) in [4.78, 5) is 98.6. The smallest absolute Gasteiger partial charge is 0.326 e. The molecule has 1 rings (SSSR count). The zero-order chi connectivity index (χ0) is 33.9. The van der Waals surface area contributed by atoms with Crippen molar-refractivity contribution in [3.8, 4) is 0 Å². The molecule has 0 aromatic heterocycles. The molecule has 18 nitrogen and oxygen atoms in total. The minimum absolute atomic E-state index is 0.0800. The molecule has 7 N–H and O–H groups in total. The lowest BCUT2D eigenvalue weighted by Crippen LogP contribution is -2.48. The Labute approximate surface area is 263 Å². The molecule has 254 valence electrons. The predicted molar refractivity (Wildman–Crippen MR) is 159 cm³/mol. The fourth-order valence-electron chi connectivity index (χ4n) is 4.44. The molecule has 1 aliphatic rings. The van der Waals surface area contributed by atoms with Gasteiger partial charge in [0.05, 0.1) is 24.9 Å². The first-order chi connectivity index (χ1) is 21.2. The quantitative estimate of drug-likeness (QED) is 0.0634. The van der Waals surface area contributed by atoms with Crippen LogP contribution >= 0.6 is 11.8 Å². The number of hydrogen-bond acceptors (Lipinski definition) is 12. The van der Waals surface area contributed by atoms with E-state index in [2.05, 4.69) is 16.0 Å². The number of amides is 3. The average molecular weight is 663 g/mol. The zero-order valence-electron chi connectivity index (χ0n) is 25.0. The lowest BCUT2D eigenvalue weighted by Gasteiger charge is -2.30. The van der Waals surface area contributed by atoms with Crippen LogP contribution in [0.1, 0.15) is 25.7 Å². The maximum Gasteiger partial charge on any atom is 0.326 e. The highest BCUT2D eigenvalue weighted by Gasteiger charge is 2.30. The van der Waals surface area contributed by atoms with E-state index < -0.39 is 53.8 Å². The number of carbonyl (C=O) groups excluding carboxylic acids is 4. The first-order valence-electron chi connectivity index (χ1n) is 14.2. The van der Waals surface area contributed by atoms with Crippen molar-refractivity contribution < 1.29 is 58.8 Å². The Morgan fingerprint density at radius 2 is 1.24 bits per heavy atom. The number of carboxylic acids is 4. The molecule has 1 heterocycles. The van der Waals surface area contributed by atoms with Gasteiger partial charge in [-0.25, -0.2) is 4.79 Å². The lowest BCUT2D eigenvalue weighted by atomic mass is 10.1. The number of carboxylic acid groups (broad SMARTS) is 4. The molecule has 3 amide bonds. The second-order valence-corrected chi connectivity index (χ2v) is 11.3. The Hall–Kier alpha value is -3.81.